The molecule has 1 saturated carbocycles. The van der Waals surface area contributed by atoms with Crippen molar-refractivity contribution >= 4 is 39.6 Å². The maximum Gasteiger partial charge on any atom is 0.410 e. The van der Waals surface area contributed by atoms with Crippen LogP contribution >= 0.6 is 0 Å². The third kappa shape index (κ3) is 8.24. The number of amides is 4. The molecule has 15 heteroatoms. The maximum absolute atomic E-state index is 14.4. The van der Waals surface area contributed by atoms with E-state index in [2.05, 4.69) is 10.0 Å². The molecule has 0 spiro atoms. The van der Waals surface area contributed by atoms with Gasteiger partial charge in [-0.3, -0.25) is 24.1 Å². The number of ketones is 1. The second kappa shape index (κ2) is 15.7. The number of ether oxygens (including phenoxy) is 2. The number of allylic oxidation sites excluding steroid dienone is 2. The molecule has 5 atom stereocenters. The van der Waals surface area contributed by atoms with Crippen LogP contribution in [0.5, 0.6) is 5.75 Å². The van der Waals surface area contributed by atoms with Gasteiger partial charge in [-0.1, -0.05) is 56.2 Å². The van der Waals surface area contributed by atoms with Crippen molar-refractivity contribution in [1.29, 1.82) is 0 Å². The van der Waals surface area contributed by atoms with Crippen molar-refractivity contribution in [2.75, 3.05) is 20.2 Å². The van der Waals surface area contributed by atoms with Gasteiger partial charge in [0, 0.05) is 37.9 Å². The summed E-state index contributed by atoms with van der Waals surface area (Å²) < 4.78 is 55.1. The molecule has 4 amide bonds. The lowest BCUT2D eigenvalue weighted by Crippen LogP contribution is -2.45. The second-order valence-corrected chi connectivity index (χ2v) is 16.1. The Balaban J connectivity index is 1.22. The Morgan fingerprint density at radius 2 is 1.83 bits per heavy atom. The first-order valence-corrected chi connectivity index (χ1v) is 19.5. The number of carbonyl (C=O) groups excluding carboxylic acids is 5. The number of sulfonamides is 1. The first-order valence-electron chi connectivity index (χ1n) is 18.0. The van der Waals surface area contributed by atoms with E-state index in [1.165, 1.54) is 47.2 Å². The zero-order valence-corrected chi connectivity index (χ0v) is 30.7. The fraction of sp³-hybridized carbons (Fsp3) is 0.500. The SMILES string of the molecule is CNC(=O)COc1ccccc1S(=O)(=O)NC(=O)[C@]12CC(=O)[C@@H]3C[C@@H](OC(=O)N4Cc5cccc(F)c5C4)CN3C(=O)[C@@H](C)CCCCC/C=C\[C@@H]1C2. The molecule has 1 saturated heterocycles. The highest BCUT2D eigenvalue weighted by atomic mass is 32.2. The van der Waals surface area contributed by atoms with Crippen molar-refractivity contribution in [3.05, 3.63) is 71.6 Å². The van der Waals surface area contributed by atoms with Gasteiger partial charge in [-0.2, -0.15) is 0 Å². The summed E-state index contributed by atoms with van der Waals surface area (Å²) >= 11 is 0. The number of nitrogens with zero attached hydrogens (tertiary/aromatic N) is 2. The van der Waals surface area contributed by atoms with Crippen LogP contribution in [0.1, 0.15) is 69.4 Å². The third-order valence-corrected chi connectivity index (χ3v) is 12.1. The summed E-state index contributed by atoms with van der Waals surface area (Å²) in [5.41, 5.74) is -0.306. The van der Waals surface area contributed by atoms with Crippen molar-refractivity contribution in [1.82, 2.24) is 19.8 Å². The lowest BCUT2D eigenvalue weighted by molar-refractivity contribution is -0.141. The fourth-order valence-corrected chi connectivity index (χ4v) is 8.77. The van der Waals surface area contributed by atoms with Crippen LogP contribution in [-0.4, -0.2) is 80.2 Å². The number of likely N-dealkylation sites (N-methyl/N-ethyl adjacent to an activating group) is 1. The van der Waals surface area contributed by atoms with Crippen LogP contribution in [0.25, 0.3) is 0 Å². The van der Waals surface area contributed by atoms with Crippen LogP contribution in [0, 0.1) is 23.1 Å². The highest BCUT2D eigenvalue weighted by molar-refractivity contribution is 7.90. The first kappa shape index (κ1) is 38.0. The molecule has 2 N–H and O–H groups in total. The van der Waals surface area contributed by atoms with Gasteiger partial charge in [-0.15, -0.1) is 0 Å². The zero-order chi connectivity index (χ0) is 37.9. The lowest BCUT2D eigenvalue weighted by atomic mass is 9.91. The van der Waals surface area contributed by atoms with Gasteiger partial charge in [0.05, 0.1) is 24.5 Å². The van der Waals surface area contributed by atoms with Gasteiger partial charge >= 0.3 is 6.09 Å². The molecule has 13 nitrogen and oxygen atoms in total. The predicted octanol–water partition coefficient (Wildman–Crippen LogP) is 4.00. The molecule has 6 rings (SSSR count). The van der Waals surface area contributed by atoms with Crippen LogP contribution in [0.15, 0.2) is 59.5 Å². The van der Waals surface area contributed by atoms with E-state index in [-0.39, 0.29) is 55.4 Å². The van der Waals surface area contributed by atoms with Crippen molar-refractivity contribution in [2.24, 2.45) is 17.3 Å². The van der Waals surface area contributed by atoms with E-state index < -0.39 is 75.5 Å². The number of fused-ring (bicyclic) bond motifs is 3. The summed E-state index contributed by atoms with van der Waals surface area (Å²) in [5.74, 6) is -3.41. The van der Waals surface area contributed by atoms with E-state index >= 15 is 0 Å². The van der Waals surface area contributed by atoms with Crippen molar-refractivity contribution in [3.8, 4) is 5.75 Å². The van der Waals surface area contributed by atoms with E-state index in [0.29, 0.717) is 17.5 Å². The van der Waals surface area contributed by atoms with Crippen LogP contribution in [-0.2, 0) is 47.0 Å². The molecule has 0 aromatic heterocycles. The standard InChI is InChI=1S/C38H45FN4O9S/c1-24-11-6-4-3-5-7-13-26-18-38(26,36(47)41-53(49,50)33-16-9-8-15-32(33)51-23-34(45)40-2)19-31(44)30-17-27(21-43(30)35(24)46)52-37(48)42-20-25-12-10-14-29(39)28(25)22-42/h7-10,12-16,24,26-27,30H,3-6,11,17-23H2,1-2H3,(H,40,45)(H,41,47)/b13-7-/t24-,26+,27+,30-,38+/m0/s1. The minimum Gasteiger partial charge on any atom is -0.482 e. The van der Waals surface area contributed by atoms with E-state index in [1.807, 2.05) is 19.1 Å². The minimum atomic E-state index is -4.52. The Hall–Kier alpha value is -4.79. The number of nitrogens with one attached hydrogen (secondary N) is 2. The Morgan fingerprint density at radius 3 is 2.60 bits per heavy atom. The fourth-order valence-electron chi connectivity index (χ4n) is 7.56. The Bertz CT molecular complexity index is 1920. The van der Waals surface area contributed by atoms with Crippen LogP contribution in [0.2, 0.25) is 0 Å². The molecule has 284 valence electrons. The van der Waals surface area contributed by atoms with Gasteiger partial charge < -0.3 is 19.7 Å². The Morgan fingerprint density at radius 1 is 1.04 bits per heavy atom. The average Bonchev–Trinajstić information content (AvgIpc) is 3.43. The van der Waals surface area contributed by atoms with Crippen molar-refractivity contribution in [2.45, 2.75) is 88.4 Å². The van der Waals surface area contributed by atoms with E-state index in [0.717, 1.165) is 25.7 Å². The highest BCUT2D eigenvalue weighted by Crippen LogP contribution is 2.57. The largest absolute Gasteiger partial charge is 0.482 e. The summed E-state index contributed by atoms with van der Waals surface area (Å²) in [6.07, 6.45) is 6.06. The molecule has 3 heterocycles. The lowest BCUT2D eigenvalue weighted by Gasteiger charge is -2.27. The number of rotatable bonds is 7. The summed E-state index contributed by atoms with van der Waals surface area (Å²) in [4.78, 5) is 69.7. The number of Topliss-reactive ketones (excluding diaryl/α,β-unsaturated/α-hetero) is 1. The number of hydrogen-bond donors (Lipinski definition) is 2. The molecular formula is C38H45FN4O9S. The van der Waals surface area contributed by atoms with Crippen molar-refractivity contribution < 1.29 is 46.3 Å². The quantitative estimate of drug-likeness (QED) is 0.398. The smallest absolute Gasteiger partial charge is 0.410 e. The molecule has 3 aliphatic heterocycles. The summed E-state index contributed by atoms with van der Waals surface area (Å²) in [7, 11) is -3.11. The molecule has 2 aromatic rings. The first-order chi connectivity index (χ1) is 25.3. The molecule has 53 heavy (non-hydrogen) atoms. The molecule has 0 radical (unpaired) electrons. The zero-order valence-electron chi connectivity index (χ0n) is 29.8. The highest BCUT2D eigenvalue weighted by Gasteiger charge is 2.61. The van der Waals surface area contributed by atoms with Gasteiger partial charge in [0.2, 0.25) is 11.8 Å². The number of hydrogen-bond acceptors (Lipinski definition) is 9. The van der Waals surface area contributed by atoms with Crippen LogP contribution < -0.4 is 14.8 Å². The summed E-state index contributed by atoms with van der Waals surface area (Å²) in [6, 6.07) is 9.25. The van der Waals surface area contributed by atoms with E-state index in [9.17, 15) is 36.8 Å². The monoisotopic (exact) mass is 752 g/mol. The molecule has 2 fully saturated rings. The summed E-state index contributed by atoms with van der Waals surface area (Å²) in [6.45, 7) is 1.54. The molecule has 4 aliphatic rings. The summed E-state index contributed by atoms with van der Waals surface area (Å²) in [5, 5.41) is 2.39. The van der Waals surface area contributed by atoms with Gasteiger partial charge in [-0.05, 0) is 55.4 Å². The van der Waals surface area contributed by atoms with Crippen LogP contribution in [0.4, 0.5) is 9.18 Å². The topological polar surface area (TPSA) is 168 Å². The van der Waals surface area contributed by atoms with Crippen molar-refractivity contribution in [3.63, 3.8) is 0 Å². The van der Waals surface area contributed by atoms with Gasteiger partial charge in [0.15, 0.2) is 12.4 Å². The Labute approximate surface area is 308 Å². The molecule has 2 aromatic carbocycles. The van der Waals surface area contributed by atoms with E-state index in [4.69, 9.17) is 9.47 Å². The normalized spacial score (nSPS) is 26.6. The third-order valence-electron chi connectivity index (χ3n) is 10.7. The molecule has 0 bridgehead atoms. The average molecular weight is 753 g/mol. The number of halogens is 1. The molecule has 1 aliphatic carbocycles. The van der Waals surface area contributed by atoms with E-state index in [1.54, 1.807) is 12.1 Å². The maximum atomic E-state index is 14.4. The number of para-hydroxylation sites is 1. The van der Waals surface area contributed by atoms with Gasteiger partial charge in [0.1, 0.15) is 22.6 Å². The predicted molar refractivity (Wildman–Crippen MR) is 189 cm³/mol. The Kier molecular flexibility index (Phi) is 11.2. The number of carbonyl (C=O) groups is 5. The molecule has 0 unspecified atom stereocenters. The van der Waals surface area contributed by atoms with Gasteiger partial charge in [0.25, 0.3) is 15.9 Å². The van der Waals surface area contributed by atoms with Gasteiger partial charge in [-0.25, -0.2) is 22.3 Å². The number of benzene rings is 2. The minimum absolute atomic E-state index is 0.00470. The van der Waals surface area contributed by atoms with Crippen LogP contribution in [0.3, 0.4) is 0 Å². The second-order valence-electron chi connectivity index (χ2n) is 14.4. The molecular weight excluding hydrogens is 708 g/mol.